The highest BCUT2D eigenvalue weighted by atomic mass is 16.2. The van der Waals surface area contributed by atoms with Crippen LogP contribution in [0.4, 0.5) is 5.69 Å². The molecule has 5 nitrogen and oxygen atoms in total. The number of likely N-dealkylation sites (N-methyl/N-ethyl adjacent to an activating group) is 2. The Morgan fingerprint density at radius 1 is 0.966 bits per heavy atom. The Balaban J connectivity index is 1.48. The summed E-state index contributed by atoms with van der Waals surface area (Å²) in [4.78, 5) is 22.1. The molecule has 0 bridgehead atoms. The molecule has 162 valence electrons. The van der Waals surface area contributed by atoms with Gasteiger partial charge in [-0.25, -0.2) is 0 Å². The first kappa shape index (κ1) is 22.1. The van der Waals surface area contributed by atoms with Crippen molar-refractivity contribution < 1.29 is 4.79 Å². The molecule has 1 saturated heterocycles. The van der Waals surface area contributed by atoms with Gasteiger partial charge in [-0.3, -0.25) is 9.69 Å². The molecule has 0 aromatic heterocycles. The standard InChI is InChI=1S/C24H40N4O/c1-20(2)27-16-18-28(19-17-27)23-12-10-21(11-13-23)24(29)26(4)15-14-25(3)22-8-6-5-7-9-22/h10-13,20,22H,5-9,14-19H2,1-4H3. The van der Waals surface area contributed by atoms with Gasteiger partial charge in [0.25, 0.3) is 5.91 Å². The molecule has 1 aliphatic carbocycles. The molecule has 0 N–H and O–H groups in total. The van der Waals surface area contributed by atoms with Crippen molar-refractivity contribution in [3.05, 3.63) is 29.8 Å². The average Bonchev–Trinajstić information content (AvgIpc) is 2.77. The van der Waals surface area contributed by atoms with Crippen LogP contribution in [0.25, 0.3) is 0 Å². The van der Waals surface area contributed by atoms with E-state index in [4.69, 9.17) is 0 Å². The SMILES string of the molecule is CC(C)N1CCN(c2ccc(C(=O)N(C)CCN(C)C3CCCCC3)cc2)CC1. The van der Waals surface area contributed by atoms with Crippen LogP contribution in [0.2, 0.25) is 0 Å². The molecule has 0 unspecified atom stereocenters. The number of piperazine rings is 1. The number of carbonyl (C=O) groups is 1. The van der Waals surface area contributed by atoms with Crippen molar-refractivity contribution in [1.29, 1.82) is 0 Å². The van der Waals surface area contributed by atoms with Crippen LogP contribution >= 0.6 is 0 Å². The monoisotopic (exact) mass is 400 g/mol. The Morgan fingerprint density at radius 2 is 1.59 bits per heavy atom. The number of benzene rings is 1. The lowest BCUT2D eigenvalue weighted by Crippen LogP contribution is -2.48. The van der Waals surface area contributed by atoms with E-state index in [1.54, 1.807) is 0 Å². The molecule has 0 radical (unpaired) electrons. The van der Waals surface area contributed by atoms with Crippen LogP contribution in [0.3, 0.4) is 0 Å². The molecule has 2 aliphatic rings. The van der Waals surface area contributed by atoms with Crippen molar-refractivity contribution in [3.8, 4) is 0 Å². The van der Waals surface area contributed by atoms with E-state index in [0.29, 0.717) is 12.1 Å². The maximum Gasteiger partial charge on any atom is 0.253 e. The zero-order chi connectivity index (χ0) is 20.8. The van der Waals surface area contributed by atoms with Crippen LogP contribution in [0.5, 0.6) is 0 Å². The number of anilines is 1. The molecule has 1 aromatic rings. The summed E-state index contributed by atoms with van der Waals surface area (Å²) in [6, 6.07) is 9.52. The van der Waals surface area contributed by atoms with Crippen LogP contribution in [0, 0.1) is 0 Å². The quantitative estimate of drug-likeness (QED) is 0.700. The molecule has 5 heteroatoms. The molecule has 1 aliphatic heterocycles. The van der Waals surface area contributed by atoms with E-state index < -0.39 is 0 Å². The lowest BCUT2D eigenvalue weighted by Gasteiger charge is -2.38. The van der Waals surface area contributed by atoms with Crippen LogP contribution in [-0.4, -0.2) is 86.1 Å². The first-order chi connectivity index (χ1) is 14.0. The van der Waals surface area contributed by atoms with Crippen molar-refractivity contribution in [2.45, 2.75) is 58.0 Å². The molecular formula is C24H40N4O. The van der Waals surface area contributed by atoms with Gasteiger partial charge in [0.15, 0.2) is 0 Å². The second-order valence-corrected chi connectivity index (χ2v) is 9.16. The zero-order valence-corrected chi connectivity index (χ0v) is 18.9. The van der Waals surface area contributed by atoms with Gasteiger partial charge in [-0.2, -0.15) is 0 Å². The summed E-state index contributed by atoms with van der Waals surface area (Å²) < 4.78 is 0. The van der Waals surface area contributed by atoms with Gasteiger partial charge in [0.05, 0.1) is 0 Å². The second-order valence-electron chi connectivity index (χ2n) is 9.16. The summed E-state index contributed by atoms with van der Waals surface area (Å²) in [6.45, 7) is 10.6. The molecule has 3 rings (SSSR count). The minimum atomic E-state index is 0.123. The maximum absolute atomic E-state index is 12.8. The molecule has 1 amide bonds. The minimum absolute atomic E-state index is 0.123. The van der Waals surface area contributed by atoms with Crippen LogP contribution in [-0.2, 0) is 0 Å². The van der Waals surface area contributed by atoms with Gasteiger partial charge < -0.3 is 14.7 Å². The number of hydrogen-bond donors (Lipinski definition) is 0. The zero-order valence-electron chi connectivity index (χ0n) is 18.9. The van der Waals surface area contributed by atoms with Crippen molar-refractivity contribution in [1.82, 2.24) is 14.7 Å². The van der Waals surface area contributed by atoms with Crippen LogP contribution < -0.4 is 4.90 Å². The molecule has 0 atom stereocenters. The van der Waals surface area contributed by atoms with Gasteiger partial charge in [-0.05, 0) is 58.0 Å². The van der Waals surface area contributed by atoms with E-state index in [1.165, 1.54) is 37.8 Å². The second kappa shape index (κ2) is 10.4. The maximum atomic E-state index is 12.8. The third-order valence-electron chi connectivity index (χ3n) is 6.86. The van der Waals surface area contributed by atoms with Gasteiger partial charge in [0.1, 0.15) is 0 Å². The van der Waals surface area contributed by atoms with E-state index in [0.717, 1.165) is 44.8 Å². The fourth-order valence-electron chi connectivity index (χ4n) is 4.65. The summed E-state index contributed by atoms with van der Waals surface area (Å²) in [5, 5.41) is 0. The molecule has 2 fully saturated rings. The normalized spacial score (nSPS) is 19.2. The van der Waals surface area contributed by atoms with E-state index in [1.807, 2.05) is 24.1 Å². The number of amides is 1. The number of nitrogens with zero attached hydrogens (tertiary/aromatic N) is 4. The van der Waals surface area contributed by atoms with Crippen LogP contribution in [0.1, 0.15) is 56.3 Å². The van der Waals surface area contributed by atoms with Gasteiger partial charge >= 0.3 is 0 Å². The Labute approximate surface area is 177 Å². The third kappa shape index (κ3) is 5.95. The highest BCUT2D eigenvalue weighted by Crippen LogP contribution is 2.22. The molecule has 29 heavy (non-hydrogen) atoms. The summed E-state index contributed by atoms with van der Waals surface area (Å²) in [6.07, 6.45) is 6.69. The lowest BCUT2D eigenvalue weighted by molar-refractivity contribution is 0.0767. The fourth-order valence-corrected chi connectivity index (χ4v) is 4.65. The summed E-state index contributed by atoms with van der Waals surface area (Å²) in [5.41, 5.74) is 2.02. The van der Waals surface area contributed by atoms with Gasteiger partial charge in [-0.1, -0.05) is 19.3 Å². The highest BCUT2D eigenvalue weighted by Gasteiger charge is 2.21. The predicted molar refractivity (Wildman–Crippen MR) is 122 cm³/mol. The Hall–Kier alpha value is -1.59. The third-order valence-corrected chi connectivity index (χ3v) is 6.86. The minimum Gasteiger partial charge on any atom is -0.369 e. The first-order valence-electron chi connectivity index (χ1n) is 11.5. The fraction of sp³-hybridized carbons (Fsp3) is 0.708. The predicted octanol–water partition coefficient (Wildman–Crippen LogP) is 3.55. The lowest BCUT2D eigenvalue weighted by atomic mass is 9.94. The van der Waals surface area contributed by atoms with Crippen LogP contribution in [0.15, 0.2) is 24.3 Å². The van der Waals surface area contributed by atoms with Crippen molar-refractivity contribution in [2.24, 2.45) is 0 Å². The van der Waals surface area contributed by atoms with E-state index in [2.05, 4.69) is 47.7 Å². The Morgan fingerprint density at radius 3 is 2.17 bits per heavy atom. The number of rotatable bonds is 7. The molecular weight excluding hydrogens is 360 g/mol. The van der Waals surface area contributed by atoms with Gasteiger partial charge in [-0.15, -0.1) is 0 Å². The molecule has 1 aromatic carbocycles. The van der Waals surface area contributed by atoms with E-state index in [9.17, 15) is 4.79 Å². The first-order valence-corrected chi connectivity index (χ1v) is 11.5. The number of carbonyl (C=O) groups excluding carboxylic acids is 1. The molecule has 1 saturated carbocycles. The molecule has 0 spiro atoms. The molecule has 1 heterocycles. The largest absolute Gasteiger partial charge is 0.369 e. The highest BCUT2D eigenvalue weighted by molar-refractivity contribution is 5.94. The van der Waals surface area contributed by atoms with Crippen molar-refractivity contribution in [2.75, 3.05) is 58.3 Å². The summed E-state index contributed by atoms with van der Waals surface area (Å²) >= 11 is 0. The Kier molecular flexibility index (Phi) is 7.96. The van der Waals surface area contributed by atoms with E-state index in [-0.39, 0.29) is 5.91 Å². The average molecular weight is 401 g/mol. The van der Waals surface area contributed by atoms with E-state index >= 15 is 0 Å². The van der Waals surface area contributed by atoms with Gasteiger partial charge in [0.2, 0.25) is 0 Å². The van der Waals surface area contributed by atoms with Crippen molar-refractivity contribution >= 4 is 11.6 Å². The summed E-state index contributed by atoms with van der Waals surface area (Å²) in [7, 11) is 4.14. The summed E-state index contributed by atoms with van der Waals surface area (Å²) in [5.74, 6) is 0.123. The topological polar surface area (TPSA) is 30.0 Å². The van der Waals surface area contributed by atoms with Gasteiger partial charge in [0, 0.05) is 69.7 Å². The number of hydrogen-bond acceptors (Lipinski definition) is 4. The Bertz CT molecular complexity index is 631. The van der Waals surface area contributed by atoms with Crippen molar-refractivity contribution in [3.63, 3.8) is 0 Å². The smallest absolute Gasteiger partial charge is 0.253 e.